The summed E-state index contributed by atoms with van der Waals surface area (Å²) < 4.78 is 1.71. The monoisotopic (exact) mass is 352 g/mol. The summed E-state index contributed by atoms with van der Waals surface area (Å²) in [6.07, 6.45) is 6.90. The minimum atomic E-state index is 0.0226. The molecule has 2 N–H and O–H groups in total. The molecule has 0 aliphatic heterocycles. The molecule has 1 aliphatic rings. The molecule has 0 radical (unpaired) electrons. The fourth-order valence-electron chi connectivity index (χ4n) is 3.29. The SMILES string of the molecule is CCNC(=NCc1ccc(Cn2ccccc2=O)cc1)NC1CCCC1. The van der Waals surface area contributed by atoms with Crippen molar-refractivity contribution < 1.29 is 0 Å². The van der Waals surface area contributed by atoms with Gasteiger partial charge in [0.1, 0.15) is 0 Å². The van der Waals surface area contributed by atoms with Gasteiger partial charge < -0.3 is 15.2 Å². The Morgan fingerprint density at radius 3 is 2.54 bits per heavy atom. The van der Waals surface area contributed by atoms with Crippen molar-refractivity contribution in [3.8, 4) is 0 Å². The largest absolute Gasteiger partial charge is 0.357 e. The van der Waals surface area contributed by atoms with E-state index in [2.05, 4.69) is 41.8 Å². The van der Waals surface area contributed by atoms with Crippen molar-refractivity contribution in [1.82, 2.24) is 15.2 Å². The zero-order valence-corrected chi connectivity index (χ0v) is 15.4. The molecule has 0 bridgehead atoms. The number of guanidine groups is 1. The van der Waals surface area contributed by atoms with Gasteiger partial charge in [-0.1, -0.05) is 43.2 Å². The van der Waals surface area contributed by atoms with Gasteiger partial charge in [0.05, 0.1) is 13.1 Å². The van der Waals surface area contributed by atoms with Gasteiger partial charge in [-0.2, -0.15) is 0 Å². The highest BCUT2D eigenvalue weighted by molar-refractivity contribution is 5.80. The Morgan fingerprint density at radius 1 is 1.12 bits per heavy atom. The van der Waals surface area contributed by atoms with Crippen LogP contribution in [0.4, 0.5) is 0 Å². The molecule has 5 nitrogen and oxygen atoms in total. The lowest BCUT2D eigenvalue weighted by atomic mass is 10.1. The Kier molecular flexibility index (Phi) is 6.47. The molecule has 1 saturated carbocycles. The Morgan fingerprint density at radius 2 is 1.85 bits per heavy atom. The van der Waals surface area contributed by atoms with Crippen LogP contribution in [0.3, 0.4) is 0 Å². The zero-order valence-electron chi connectivity index (χ0n) is 15.4. The van der Waals surface area contributed by atoms with Gasteiger partial charge in [0.15, 0.2) is 5.96 Å². The molecule has 1 aliphatic carbocycles. The summed E-state index contributed by atoms with van der Waals surface area (Å²) in [6, 6.07) is 14.1. The predicted octanol–water partition coefficient (Wildman–Crippen LogP) is 2.89. The maximum absolute atomic E-state index is 11.8. The Bertz CT molecular complexity index is 773. The van der Waals surface area contributed by atoms with Gasteiger partial charge in [0.2, 0.25) is 0 Å². The molecular formula is C21H28N4O. The third kappa shape index (κ3) is 5.22. The van der Waals surface area contributed by atoms with Crippen molar-refractivity contribution in [2.75, 3.05) is 6.54 Å². The second-order valence-electron chi connectivity index (χ2n) is 6.80. The number of pyridine rings is 1. The minimum Gasteiger partial charge on any atom is -0.357 e. The molecule has 5 heteroatoms. The fourth-order valence-corrected chi connectivity index (χ4v) is 3.29. The van der Waals surface area contributed by atoms with E-state index in [1.54, 1.807) is 16.7 Å². The summed E-state index contributed by atoms with van der Waals surface area (Å²) in [6.45, 7) is 4.19. The Labute approximate surface area is 155 Å². The zero-order chi connectivity index (χ0) is 18.2. The maximum Gasteiger partial charge on any atom is 0.250 e. The van der Waals surface area contributed by atoms with Crippen LogP contribution >= 0.6 is 0 Å². The lowest BCUT2D eigenvalue weighted by Gasteiger charge is -2.16. The van der Waals surface area contributed by atoms with Crippen molar-refractivity contribution in [3.05, 3.63) is 70.1 Å². The molecule has 0 atom stereocenters. The molecule has 1 heterocycles. The smallest absolute Gasteiger partial charge is 0.250 e. The van der Waals surface area contributed by atoms with Crippen LogP contribution in [-0.4, -0.2) is 23.1 Å². The summed E-state index contributed by atoms with van der Waals surface area (Å²) in [7, 11) is 0. The Balaban J connectivity index is 1.60. The van der Waals surface area contributed by atoms with Crippen LogP contribution in [0.15, 0.2) is 58.4 Å². The van der Waals surface area contributed by atoms with E-state index >= 15 is 0 Å². The van der Waals surface area contributed by atoms with Crippen LogP contribution < -0.4 is 16.2 Å². The number of nitrogens with one attached hydrogen (secondary N) is 2. The molecule has 26 heavy (non-hydrogen) atoms. The number of rotatable bonds is 6. The second kappa shape index (κ2) is 9.22. The Hall–Kier alpha value is -2.56. The van der Waals surface area contributed by atoms with Gasteiger partial charge in [-0.25, -0.2) is 4.99 Å². The van der Waals surface area contributed by atoms with Crippen molar-refractivity contribution >= 4 is 5.96 Å². The van der Waals surface area contributed by atoms with Crippen LogP contribution in [0.25, 0.3) is 0 Å². The van der Waals surface area contributed by atoms with Gasteiger partial charge in [-0.15, -0.1) is 0 Å². The lowest BCUT2D eigenvalue weighted by Crippen LogP contribution is -2.42. The number of benzene rings is 1. The van der Waals surface area contributed by atoms with Gasteiger partial charge in [0, 0.05) is 24.8 Å². The molecule has 1 aromatic carbocycles. The predicted molar refractivity (Wildman–Crippen MR) is 106 cm³/mol. The number of nitrogens with zero attached hydrogens (tertiary/aromatic N) is 2. The molecule has 1 fully saturated rings. The van der Waals surface area contributed by atoms with Gasteiger partial charge >= 0.3 is 0 Å². The first-order valence-corrected chi connectivity index (χ1v) is 9.52. The highest BCUT2D eigenvalue weighted by atomic mass is 16.1. The van der Waals surface area contributed by atoms with Crippen molar-refractivity contribution in [3.63, 3.8) is 0 Å². The third-order valence-corrected chi connectivity index (χ3v) is 4.73. The minimum absolute atomic E-state index is 0.0226. The topological polar surface area (TPSA) is 58.4 Å². The van der Waals surface area contributed by atoms with Crippen molar-refractivity contribution in [2.45, 2.75) is 51.7 Å². The van der Waals surface area contributed by atoms with E-state index in [0.29, 0.717) is 19.1 Å². The standard InChI is InChI=1S/C21H28N4O/c1-2-22-21(24-19-7-3-4-8-19)23-15-17-10-12-18(13-11-17)16-25-14-6-5-9-20(25)26/h5-6,9-14,19H,2-4,7-8,15-16H2,1H3,(H2,22,23,24). The summed E-state index contributed by atoms with van der Waals surface area (Å²) in [5, 5.41) is 6.87. The first-order valence-electron chi connectivity index (χ1n) is 9.52. The lowest BCUT2D eigenvalue weighted by molar-refractivity contribution is 0.614. The normalized spacial score (nSPS) is 15.2. The summed E-state index contributed by atoms with van der Waals surface area (Å²) in [4.78, 5) is 16.5. The molecule has 0 saturated heterocycles. The van der Waals surface area contributed by atoms with Gasteiger partial charge in [-0.3, -0.25) is 4.79 Å². The van der Waals surface area contributed by atoms with Gasteiger partial charge in [0.25, 0.3) is 5.56 Å². The van der Waals surface area contributed by atoms with Crippen LogP contribution in [0, 0.1) is 0 Å². The van der Waals surface area contributed by atoms with Crippen LogP contribution in [-0.2, 0) is 13.1 Å². The fraction of sp³-hybridized carbons (Fsp3) is 0.429. The number of hydrogen-bond acceptors (Lipinski definition) is 2. The van der Waals surface area contributed by atoms with E-state index in [4.69, 9.17) is 4.99 Å². The van der Waals surface area contributed by atoms with E-state index in [9.17, 15) is 4.79 Å². The maximum atomic E-state index is 11.8. The molecule has 1 aromatic heterocycles. The van der Waals surface area contributed by atoms with Gasteiger partial charge in [-0.05, 0) is 37.0 Å². The molecule has 0 amide bonds. The van der Waals surface area contributed by atoms with E-state index in [-0.39, 0.29) is 5.56 Å². The highest BCUT2D eigenvalue weighted by Gasteiger charge is 2.15. The van der Waals surface area contributed by atoms with Crippen molar-refractivity contribution in [1.29, 1.82) is 0 Å². The molecule has 3 rings (SSSR count). The molecule has 138 valence electrons. The third-order valence-electron chi connectivity index (χ3n) is 4.73. The van der Waals surface area contributed by atoms with E-state index in [1.165, 1.54) is 25.7 Å². The summed E-state index contributed by atoms with van der Waals surface area (Å²) in [5.41, 5.74) is 2.30. The van der Waals surface area contributed by atoms with Crippen LogP contribution in [0.5, 0.6) is 0 Å². The van der Waals surface area contributed by atoms with Crippen molar-refractivity contribution in [2.24, 2.45) is 4.99 Å². The average Bonchev–Trinajstić information content (AvgIpc) is 3.16. The summed E-state index contributed by atoms with van der Waals surface area (Å²) in [5.74, 6) is 0.902. The van der Waals surface area contributed by atoms with Crippen LogP contribution in [0.1, 0.15) is 43.7 Å². The number of hydrogen-bond donors (Lipinski definition) is 2. The molecular weight excluding hydrogens is 324 g/mol. The number of aromatic nitrogens is 1. The molecule has 0 unspecified atom stereocenters. The summed E-state index contributed by atoms with van der Waals surface area (Å²) >= 11 is 0. The average molecular weight is 352 g/mol. The molecule has 2 aromatic rings. The first-order chi connectivity index (χ1) is 12.7. The molecule has 0 spiro atoms. The number of aliphatic imine (C=N–C) groups is 1. The quantitative estimate of drug-likeness (QED) is 0.621. The van der Waals surface area contributed by atoms with Crippen LogP contribution in [0.2, 0.25) is 0 Å². The highest BCUT2D eigenvalue weighted by Crippen LogP contribution is 2.17. The van der Waals surface area contributed by atoms with E-state index in [1.807, 2.05) is 12.3 Å². The second-order valence-corrected chi connectivity index (χ2v) is 6.80. The first kappa shape index (κ1) is 18.2. The van der Waals surface area contributed by atoms with E-state index in [0.717, 1.165) is 23.6 Å². The van der Waals surface area contributed by atoms with E-state index < -0.39 is 0 Å².